The van der Waals surface area contributed by atoms with Crippen LogP contribution in [0.5, 0.6) is 0 Å². The summed E-state index contributed by atoms with van der Waals surface area (Å²) in [5.74, 6) is -0.407. The van der Waals surface area contributed by atoms with E-state index < -0.39 is 0 Å². The molecule has 0 spiro atoms. The van der Waals surface area contributed by atoms with Crippen LogP contribution in [0.2, 0.25) is 0 Å². The van der Waals surface area contributed by atoms with Crippen molar-refractivity contribution in [3.63, 3.8) is 0 Å². The average molecular weight is 214 g/mol. The molecule has 0 radical (unpaired) electrons. The van der Waals surface area contributed by atoms with E-state index in [9.17, 15) is 9.59 Å². The van der Waals surface area contributed by atoms with Gasteiger partial charge in [-0.3, -0.25) is 9.59 Å². The molecule has 0 aromatic carbocycles. The lowest BCUT2D eigenvalue weighted by molar-refractivity contribution is -0.129. The van der Waals surface area contributed by atoms with Crippen LogP contribution in [0.4, 0.5) is 0 Å². The van der Waals surface area contributed by atoms with Crippen molar-refractivity contribution < 1.29 is 9.59 Å². The first-order valence-electron chi connectivity index (χ1n) is 5.58. The Morgan fingerprint density at radius 2 is 1.27 bits per heavy atom. The Bertz CT molecular complexity index is 195. The van der Waals surface area contributed by atoms with Crippen molar-refractivity contribution >= 4 is 11.8 Å². The molecule has 88 valence electrons. The minimum absolute atomic E-state index is 0.0747. The third-order valence-electron chi connectivity index (χ3n) is 2.36. The fourth-order valence-corrected chi connectivity index (χ4v) is 1.00. The molecule has 0 saturated heterocycles. The van der Waals surface area contributed by atoms with Gasteiger partial charge in [0.05, 0.1) is 0 Å². The van der Waals surface area contributed by atoms with E-state index in [1.54, 1.807) is 0 Å². The first-order valence-corrected chi connectivity index (χ1v) is 5.58. The van der Waals surface area contributed by atoms with Crippen LogP contribution in [0, 0.1) is 0 Å². The molecule has 2 N–H and O–H groups in total. The zero-order valence-corrected chi connectivity index (χ0v) is 10.1. The van der Waals surface area contributed by atoms with Crippen LogP contribution in [-0.2, 0) is 9.59 Å². The molecule has 0 bridgehead atoms. The van der Waals surface area contributed by atoms with E-state index in [4.69, 9.17) is 0 Å². The summed E-state index contributed by atoms with van der Waals surface area (Å²) >= 11 is 0. The second kappa shape index (κ2) is 7.26. The van der Waals surface area contributed by atoms with Crippen molar-refractivity contribution in [2.45, 2.75) is 59.0 Å². The Kier molecular flexibility index (Phi) is 6.75. The number of amides is 2. The van der Waals surface area contributed by atoms with Crippen molar-refractivity contribution in [1.29, 1.82) is 0 Å². The molecular weight excluding hydrogens is 192 g/mol. The van der Waals surface area contributed by atoms with Crippen molar-refractivity contribution in [1.82, 2.24) is 10.6 Å². The second-order valence-electron chi connectivity index (χ2n) is 3.93. The van der Waals surface area contributed by atoms with E-state index in [2.05, 4.69) is 10.6 Å². The van der Waals surface area contributed by atoms with E-state index in [1.807, 2.05) is 27.7 Å². The van der Waals surface area contributed by atoms with E-state index in [0.29, 0.717) is 0 Å². The summed E-state index contributed by atoms with van der Waals surface area (Å²) in [6.45, 7) is 7.82. The zero-order valence-electron chi connectivity index (χ0n) is 10.1. The molecule has 4 nitrogen and oxygen atoms in total. The van der Waals surface area contributed by atoms with E-state index in [0.717, 1.165) is 12.8 Å². The number of rotatable bonds is 6. The Balaban J connectivity index is 3.81. The van der Waals surface area contributed by atoms with Crippen LogP contribution in [0.25, 0.3) is 0 Å². The van der Waals surface area contributed by atoms with Crippen molar-refractivity contribution in [3.8, 4) is 0 Å². The number of hydrogen-bond donors (Lipinski definition) is 2. The lowest BCUT2D eigenvalue weighted by atomic mass is 10.2. The molecule has 2 amide bonds. The molecule has 0 aromatic rings. The lowest BCUT2D eigenvalue weighted by Gasteiger charge is -2.13. The molecule has 0 rings (SSSR count). The van der Waals surface area contributed by atoms with E-state index in [-0.39, 0.29) is 30.3 Å². The van der Waals surface area contributed by atoms with Gasteiger partial charge in [-0.25, -0.2) is 0 Å². The number of carbonyl (C=O) groups is 2. The standard InChI is InChI=1S/C11H22N2O2/c1-5-8(3)12-10(14)7-11(15)13-9(4)6-2/h8-9H,5-7H2,1-4H3,(H,12,14)(H,13,15). The first kappa shape index (κ1) is 13.9. The maximum absolute atomic E-state index is 11.3. The third-order valence-corrected chi connectivity index (χ3v) is 2.36. The fraction of sp³-hybridized carbons (Fsp3) is 0.818. The Hall–Kier alpha value is -1.06. The zero-order chi connectivity index (χ0) is 11.8. The number of carbonyl (C=O) groups excluding carboxylic acids is 2. The summed E-state index contributed by atoms with van der Waals surface area (Å²) < 4.78 is 0. The third kappa shape index (κ3) is 6.94. The van der Waals surface area contributed by atoms with E-state index >= 15 is 0 Å². The van der Waals surface area contributed by atoms with Gasteiger partial charge in [0.2, 0.25) is 11.8 Å². The van der Waals surface area contributed by atoms with Crippen LogP contribution in [0.1, 0.15) is 47.0 Å². The van der Waals surface area contributed by atoms with Gasteiger partial charge in [0.25, 0.3) is 0 Å². The molecule has 0 heterocycles. The van der Waals surface area contributed by atoms with Crippen molar-refractivity contribution in [3.05, 3.63) is 0 Å². The van der Waals surface area contributed by atoms with Gasteiger partial charge < -0.3 is 10.6 Å². The van der Waals surface area contributed by atoms with Gasteiger partial charge >= 0.3 is 0 Å². The molecule has 0 aromatic heterocycles. The largest absolute Gasteiger partial charge is 0.353 e. The highest BCUT2D eigenvalue weighted by Gasteiger charge is 2.12. The summed E-state index contributed by atoms with van der Waals surface area (Å²) in [5, 5.41) is 5.50. The predicted octanol–water partition coefficient (Wildman–Crippen LogP) is 1.21. The summed E-state index contributed by atoms with van der Waals surface area (Å²) in [5.41, 5.74) is 0. The molecule has 0 aliphatic rings. The maximum Gasteiger partial charge on any atom is 0.229 e. The van der Waals surface area contributed by atoms with Gasteiger partial charge in [-0.2, -0.15) is 0 Å². The molecule has 0 fully saturated rings. The molecule has 0 aliphatic carbocycles. The Labute approximate surface area is 91.8 Å². The number of nitrogens with one attached hydrogen (secondary N) is 2. The number of hydrogen-bond acceptors (Lipinski definition) is 2. The summed E-state index contributed by atoms with van der Waals surface area (Å²) in [4.78, 5) is 22.6. The van der Waals surface area contributed by atoms with Crippen LogP contribution in [0.15, 0.2) is 0 Å². The maximum atomic E-state index is 11.3. The van der Waals surface area contributed by atoms with Crippen LogP contribution < -0.4 is 10.6 Å². The second-order valence-corrected chi connectivity index (χ2v) is 3.93. The van der Waals surface area contributed by atoms with Crippen LogP contribution in [-0.4, -0.2) is 23.9 Å². The predicted molar refractivity (Wildman–Crippen MR) is 60.4 cm³/mol. The average Bonchev–Trinajstić information content (AvgIpc) is 2.16. The minimum Gasteiger partial charge on any atom is -0.353 e. The van der Waals surface area contributed by atoms with Crippen LogP contribution >= 0.6 is 0 Å². The van der Waals surface area contributed by atoms with Crippen LogP contribution in [0.3, 0.4) is 0 Å². The van der Waals surface area contributed by atoms with E-state index in [1.165, 1.54) is 0 Å². The van der Waals surface area contributed by atoms with Gasteiger partial charge in [0, 0.05) is 12.1 Å². The molecule has 2 atom stereocenters. The minimum atomic E-state index is -0.204. The normalized spacial score (nSPS) is 14.1. The lowest BCUT2D eigenvalue weighted by Crippen LogP contribution is -2.38. The topological polar surface area (TPSA) is 58.2 Å². The van der Waals surface area contributed by atoms with Crippen molar-refractivity contribution in [2.75, 3.05) is 0 Å². The molecule has 15 heavy (non-hydrogen) atoms. The molecule has 4 heteroatoms. The smallest absolute Gasteiger partial charge is 0.229 e. The highest BCUT2D eigenvalue weighted by atomic mass is 16.2. The quantitative estimate of drug-likeness (QED) is 0.653. The summed E-state index contributed by atoms with van der Waals surface area (Å²) in [6, 6.07) is 0.266. The Morgan fingerprint density at radius 1 is 0.933 bits per heavy atom. The molecule has 2 unspecified atom stereocenters. The van der Waals surface area contributed by atoms with Gasteiger partial charge in [0.15, 0.2) is 0 Å². The fourth-order valence-electron chi connectivity index (χ4n) is 1.00. The monoisotopic (exact) mass is 214 g/mol. The highest BCUT2D eigenvalue weighted by Crippen LogP contribution is 1.92. The highest BCUT2D eigenvalue weighted by molar-refractivity contribution is 5.97. The first-order chi connectivity index (χ1) is 6.99. The molecule has 0 aliphatic heterocycles. The SMILES string of the molecule is CCC(C)NC(=O)CC(=O)NC(C)CC. The van der Waals surface area contributed by atoms with Gasteiger partial charge in [-0.15, -0.1) is 0 Å². The van der Waals surface area contributed by atoms with Gasteiger partial charge in [-0.1, -0.05) is 13.8 Å². The van der Waals surface area contributed by atoms with Gasteiger partial charge in [-0.05, 0) is 26.7 Å². The summed E-state index contributed by atoms with van der Waals surface area (Å²) in [7, 11) is 0. The molecular formula is C11H22N2O2. The molecule has 0 saturated carbocycles. The summed E-state index contributed by atoms with van der Waals surface area (Å²) in [6.07, 6.45) is 1.67. The Morgan fingerprint density at radius 3 is 1.53 bits per heavy atom. The van der Waals surface area contributed by atoms with Crippen molar-refractivity contribution in [2.24, 2.45) is 0 Å². The van der Waals surface area contributed by atoms with Gasteiger partial charge in [0.1, 0.15) is 6.42 Å².